The fourth-order valence-electron chi connectivity index (χ4n) is 10.5. The van der Waals surface area contributed by atoms with Crippen molar-refractivity contribution in [2.75, 3.05) is 76.1 Å². The minimum Gasteiger partial charge on any atom is -0.406 e. The lowest BCUT2D eigenvalue weighted by molar-refractivity contribution is -0.274. The predicted molar refractivity (Wildman–Crippen MR) is 250 cm³/mol. The van der Waals surface area contributed by atoms with Crippen LogP contribution in [0.2, 0.25) is 0 Å². The summed E-state index contributed by atoms with van der Waals surface area (Å²) in [7, 11) is 0. The number of piperidine rings is 4. The molecule has 0 bridgehead atoms. The van der Waals surface area contributed by atoms with Crippen molar-refractivity contribution in [3.8, 4) is 5.75 Å². The van der Waals surface area contributed by atoms with E-state index in [4.69, 9.17) is 0 Å². The van der Waals surface area contributed by atoms with Gasteiger partial charge in [-0.25, -0.2) is 19.9 Å². The van der Waals surface area contributed by atoms with Gasteiger partial charge in [0.2, 0.25) is 0 Å². The molecule has 2 aromatic heterocycles. The van der Waals surface area contributed by atoms with Crippen LogP contribution in [0.3, 0.4) is 0 Å². The summed E-state index contributed by atoms with van der Waals surface area (Å²) >= 11 is 0. The van der Waals surface area contributed by atoms with Crippen molar-refractivity contribution in [1.29, 1.82) is 0 Å². The Hall–Kier alpha value is -4.86. The normalized spacial score (nSPS) is 22.0. The number of aromatic nitrogens is 4. The molecule has 3 aromatic rings. The summed E-state index contributed by atoms with van der Waals surface area (Å²) in [4.78, 5) is 52.0. The second-order valence-electron chi connectivity index (χ2n) is 19.5. The van der Waals surface area contributed by atoms with Gasteiger partial charge in [-0.05, 0) is 121 Å². The van der Waals surface area contributed by atoms with E-state index < -0.39 is 18.5 Å². The Kier molecular flexibility index (Phi) is 18.2. The number of aliphatic hydroxyl groups excluding tert-OH is 2. The Labute approximate surface area is 405 Å². The summed E-state index contributed by atoms with van der Waals surface area (Å²) < 4.78 is 79.5. The van der Waals surface area contributed by atoms with Crippen LogP contribution < -0.4 is 15.4 Å². The minimum absolute atomic E-state index is 0.0962. The van der Waals surface area contributed by atoms with E-state index in [1.54, 1.807) is 12.1 Å². The molecular weight excluding hydrogens is 923 g/mol. The minimum atomic E-state index is -4.71. The van der Waals surface area contributed by atoms with Crippen LogP contribution in [0.5, 0.6) is 5.75 Å². The third kappa shape index (κ3) is 14.6. The summed E-state index contributed by atoms with van der Waals surface area (Å²) in [6.45, 7) is 11.0. The van der Waals surface area contributed by atoms with Gasteiger partial charge in [0.1, 0.15) is 41.4 Å². The van der Waals surface area contributed by atoms with Gasteiger partial charge in [0.15, 0.2) is 0 Å². The molecule has 0 atom stereocenters. The third-order valence-electron chi connectivity index (χ3n) is 14.8. The summed E-state index contributed by atoms with van der Waals surface area (Å²) in [5, 5.41) is 25.9. The molecule has 15 nitrogen and oxygen atoms in total. The Bertz CT molecular complexity index is 2150. The van der Waals surface area contributed by atoms with E-state index in [1.165, 1.54) is 24.8 Å². The molecule has 6 heterocycles. The van der Waals surface area contributed by atoms with Crippen molar-refractivity contribution < 1.29 is 50.9 Å². The van der Waals surface area contributed by atoms with Crippen LogP contribution in [0.15, 0.2) is 36.9 Å². The summed E-state index contributed by atoms with van der Waals surface area (Å²) in [6.07, 6.45) is 2.47. The molecule has 1 saturated carbocycles. The van der Waals surface area contributed by atoms with E-state index in [2.05, 4.69) is 45.1 Å². The fourth-order valence-corrected chi connectivity index (χ4v) is 10.5. The lowest BCUT2D eigenvalue weighted by Gasteiger charge is -2.41. The number of nitrogens with zero attached hydrogens (tertiary/aromatic N) is 8. The molecule has 21 heteroatoms. The first-order valence-corrected chi connectivity index (χ1v) is 24.9. The van der Waals surface area contributed by atoms with E-state index in [0.717, 1.165) is 83.1 Å². The largest absolute Gasteiger partial charge is 0.573 e. The fraction of sp³-hybridized carbons (Fsp3) is 0.673. The Morgan fingerprint density at radius 1 is 0.614 bits per heavy atom. The van der Waals surface area contributed by atoms with Crippen LogP contribution in [0.1, 0.15) is 115 Å². The highest BCUT2D eigenvalue weighted by Crippen LogP contribution is 2.39. The standard InChI is InChI=1S/C25H32F3N5O3.C24H36F3N5O2/c1-17-22(24(35)33-12-7-19(8-13-33)32-14-9-20(34)10-15-32)30-16-31-23(17)29-11-6-18-2-4-21(5-3-18)36-25(26,27)28;1-16-21(23(34)32-10-6-19(7-11-32)31-12-8-20(33)9-13-31)29-15-30-22(16)28-14-17-2-4-18(5-3-17)24(25,26)27/h2-5,16,19-20,34H,6-15H2,1H3,(H,29,30,31);15,17-20,33H,2-14H2,1H3,(H,28,29,30). The van der Waals surface area contributed by atoms with E-state index in [-0.39, 0.29) is 48.5 Å². The number of hydrogen-bond acceptors (Lipinski definition) is 13. The third-order valence-corrected chi connectivity index (χ3v) is 14.8. The molecule has 1 aliphatic carbocycles. The monoisotopic (exact) mass is 991 g/mol. The number of rotatable bonds is 12. The van der Waals surface area contributed by atoms with E-state index in [0.29, 0.717) is 105 Å². The van der Waals surface area contributed by atoms with Crippen LogP contribution in [0, 0.1) is 25.7 Å². The number of halogens is 6. The zero-order valence-electron chi connectivity index (χ0n) is 40.2. The van der Waals surface area contributed by atoms with Crippen LogP contribution >= 0.6 is 0 Å². The second kappa shape index (κ2) is 24.0. The maximum absolute atomic E-state index is 13.2. The van der Waals surface area contributed by atoms with Crippen molar-refractivity contribution in [2.45, 2.75) is 134 Å². The van der Waals surface area contributed by atoms with Crippen molar-refractivity contribution in [3.05, 3.63) is 65.0 Å². The molecule has 386 valence electrons. The molecule has 4 aliphatic heterocycles. The molecule has 5 aliphatic rings. The van der Waals surface area contributed by atoms with Crippen molar-refractivity contribution >= 4 is 23.5 Å². The molecule has 8 rings (SSSR count). The molecular formula is C49H68F6N10O5. The highest BCUT2D eigenvalue weighted by Gasteiger charge is 2.41. The van der Waals surface area contributed by atoms with Gasteiger partial charge in [-0.15, -0.1) is 13.2 Å². The van der Waals surface area contributed by atoms with Crippen LogP contribution in [0.4, 0.5) is 38.0 Å². The SMILES string of the molecule is Cc1c(NCC2CCC(C(F)(F)F)CC2)ncnc1C(=O)N1CCC(N2CCC(O)CC2)CC1.Cc1c(NCCc2ccc(OC(F)(F)F)cc2)ncnc1C(=O)N1CCC(N2CCC(O)CC2)CC1. The average Bonchev–Trinajstić information content (AvgIpc) is 3.34. The summed E-state index contributed by atoms with van der Waals surface area (Å²) in [6, 6.07) is 6.63. The number of ether oxygens (including phenoxy) is 1. The number of benzene rings is 1. The topological polar surface area (TPSA) is 172 Å². The summed E-state index contributed by atoms with van der Waals surface area (Å²) in [5.41, 5.74) is 2.96. The molecule has 70 heavy (non-hydrogen) atoms. The van der Waals surface area contributed by atoms with Gasteiger partial charge in [0.05, 0.1) is 18.1 Å². The summed E-state index contributed by atoms with van der Waals surface area (Å²) in [5.74, 6) is -0.328. The number of anilines is 2. The number of amides is 2. The van der Waals surface area contributed by atoms with Crippen LogP contribution in [-0.4, -0.2) is 164 Å². The van der Waals surface area contributed by atoms with E-state index >= 15 is 0 Å². The van der Waals surface area contributed by atoms with Crippen molar-refractivity contribution in [1.82, 2.24) is 39.5 Å². The highest BCUT2D eigenvalue weighted by molar-refractivity contribution is 5.95. The number of alkyl halides is 6. The predicted octanol–water partition coefficient (Wildman–Crippen LogP) is 7.03. The van der Waals surface area contributed by atoms with Crippen molar-refractivity contribution in [3.63, 3.8) is 0 Å². The van der Waals surface area contributed by atoms with Crippen molar-refractivity contribution in [2.24, 2.45) is 11.8 Å². The molecule has 0 spiro atoms. The molecule has 2 amide bonds. The maximum Gasteiger partial charge on any atom is 0.573 e. The Balaban J connectivity index is 0.000000207. The Morgan fingerprint density at radius 3 is 1.49 bits per heavy atom. The van der Waals surface area contributed by atoms with Gasteiger partial charge in [-0.2, -0.15) is 13.2 Å². The van der Waals surface area contributed by atoms with Gasteiger partial charge in [-0.1, -0.05) is 12.1 Å². The van der Waals surface area contributed by atoms with E-state index in [9.17, 15) is 46.1 Å². The van der Waals surface area contributed by atoms with Gasteiger partial charge in [0.25, 0.3) is 11.8 Å². The molecule has 4 saturated heterocycles. The quantitative estimate of drug-likeness (QED) is 0.137. The van der Waals surface area contributed by atoms with Gasteiger partial charge in [-0.3, -0.25) is 9.59 Å². The maximum atomic E-state index is 13.2. The first-order chi connectivity index (χ1) is 33.4. The number of carbonyl (C=O) groups is 2. The van der Waals surface area contributed by atoms with Gasteiger partial charge >= 0.3 is 12.5 Å². The zero-order valence-corrected chi connectivity index (χ0v) is 40.2. The molecule has 4 N–H and O–H groups in total. The number of carbonyl (C=O) groups excluding carboxylic acids is 2. The Morgan fingerprint density at radius 2 is 1.06 bits per heavy atom. The molecule has 5 fully saturated rings. The lowest BCUT2D eigenvalue weighted by Crippen LogP contribution is -2.49. The average molecular weight is 991 g/mol. The van der Waals surface area contributed by atoms with Crippen LogP contribution in [0.25, 0.3) is 0 Å². The zero-order chi connectivity index (χ0) is 50.0. The van der Waals surface area contributed by atoms with E-state index in [1.807, 2.05) is 23.6 Å². The second-order valence-corrected chi connectivity index (χ2v) is 19.5. The van der Waals surface area contributed by atoms with Crippen LogP contribution in [-0.2, 0) is 6.42 Å². The molecule has 0 radical (unpaired) electrons. The number of likely N-dealkylation sites (tertiary alicyclic amines) is 4. The van der Waals surface area contributed by atoms with Gasteiger partial charge in [0, 0.05) is 88.7 Å². The number of nitrogens with one attached hydrogen (secondary N) is 2. The first-order valence-electron chi connectivity index (χ1n) is 24.9. The number of hydrogen-bond donors (Lipinski definition) is 4. The lowest BCUT2D eigenvalue weighted by atomic mass is 9.81. The van der Waals surface area contributed by atoms with Gasteiger partial charge < -0.3 is 45.2 Å². The smallest absolute Gasteiger partial charge is 0.406 e. The highest BCUT2D eigenvalue weighted by atomic mass is 19.4. The number of aliphatic hydroxyl groups is 2. The molecule has 1 aromatic carbocycles. The molecule has 0 unspecified atom stereocenters. The first kappa shape index (κ1) is 53.0.